The number of hydrogen-bond acceptors (Lipinski definition) is 4. The van der Waals surface area contributed by atoms with Gasteiger partial charge in [-0.05, 0) is 30.5 Å². The lowest BCUT2D eigenvalue weighted by molar-refractivity contribution is 0.772. The molecule has 0 aliphatic rings. The zero-order valence-electron chi connectivity index (χ0n) is 12.2. The van der Waals surface area contributed by atoms with E-state index in [9.17, 15) is 0 Å². The summed E-state index contributed by atoms with van der Waals surface area (Å²) in [7, 11) is 0. The van der Waals surface area contributed by atoms with Gasteiger partial charge in [-0.1, -0.05) is 13.3 Å². The highest BCUT2D eigenvalue weighted by Crippen LogP contribution is 2.15. The average Bonchev–Trinajstić information content (AvgIpc) is 3.00. The van der Waals surface area contributed by atoms with Gasteiger partial charge in [0.25, 0.3) is 0 Å². The van der Waals surface area contributed by atoms with Crippen LogP contribution in [0, 0.1) is 0 Å². The lowest BCUT2D eigenvalue weighted by Gasteiger charge is -2.10. The highest BCUT2D eigenvalue weighted by atomic mass is 15.3. The van der Waals surface area contributed by atoms with Crippen molar-refractivity contribution in [3.63, 3.8) is 0 Å². The molecule has 0 aliphatic heterocycles. The Balaban J connectivity index is 1.83. The zero-order valence-corrected chi connectivity index (χ0v) is 12.2. The van der Waals surface area contributed by atoms with Crippen LogP contribution in [0.1, 0.15) is 31.0 Å². The first-order valence-corrected chi connectivity index (χ1v) is 7.33. The van der Waals surface area contributed by atoms with Gasteiger partial charge in [0.05, 0.1) is 6.20 Å². The number of hydrogen-bond donors (Lipinski definition) is 1. The van der Waals surface area contributed by atoms with Crippen LogP contribution in [0.5, 0.6) is 0 Å². The Morgan fingerprint density at radius 2 is 2.00 bits per heavy atom. The Hall–Kier alpha value is -2.43. The molecule has 0 saturated carbocycles. The van der Waals surface area contributed by atoms with Crippen molar-refractivity contribution in [2.75, 3.05) is 5.32 Å². The minimum absolute atomic E-state index is 0.745. The number of anilines is 1. The van der Waals surface area contributed by atoms with Crippen molar-refractivity contribution < 1.29 is 0 Å². The van der Waals surface area contributed by atoms with E-state index in [0.717, 1.165) is 36.5 Å². The molecule has 0 amide bonds. The van der Waals surface area contributed by atoms with Crippen LogP contribution in [-0.2, 0) is 13.0 Å². The molecule has 3 aromatic heterocycles. The second-order valence-electron chi connectivity index (χ2n) is 5.05. The first-order chi connectivity index (χ1) is 10.4. The second kappa shape index (κ2) is 6.35. The van der Waals surface area contributed by atoms with Crippen molar-refractivity contribution in [3.8, 4) is 0 Å². The Kier molecular flexibility index (Phi) is 4.09. The first-order valence-electron chi connectivity index (χ1n) is 7.33. The normalized spacial score (nSPS) is 10.9. The fourth-order valence-electron chi connectivity index (χ4n) is 2.27. The molecule has 3 heterocycles. The molecule has 0 radical (unpaired) electrons. The summed E-state index contributed by atoms with van der Waals surface area (Å²) in [6.45, 7) is 2.94. The minimum atomic E-state index is 0.745. The number of fused-ring (bicyclic) bond motifs is 1. The quantitative estimate of drug-likeness (QED) is 0.754. The van der Waals surface area contributed by atoms with Gasteiger partial charge in [-0.3, -0.25) is 4.98 Å². The molecule has 5 heteroatoms. The van der Waals surface area contributed by atoms with Gasteiger partial charge in [0.15, 0.2) is 5.65 Å². The minimum Gasteiger partial charge on any atom is -0.366 e. The third-order valence-electron chi connectivity index (χ3n) is 3.42. The fourth-order valence-corrected chi connectivity index (χ4v) is 2.27. The average molecular weight is 281 g/mol. The highest BCUT2D eigenvalue weighted by molar-refractivity contribution is 5.49. The molecule has 0 aliphatic carbocycles. The number of nitrogens with one attached hydrogen (secondary N) is 1. The number of unbranched alkanes of at least 4 members (excludes halogenated alkanes) is 1. The molecule has 0 fully saturated rings. The van der Waals surface area contributed by atoms with E-state index in [-0.39, 0.29) is 0 Å². The van der Waals surface area contributed by atoms with Crippen molar-refractivity contribution in [3.05, 3.63) is 54.1 Å². The van der Waals surface area contributed by atoms with E-state index < -0.39 is 0 Å². The maximum Gasteiger partial charge on any atom is 0.157 e. The van der Waals surface area contributed by atoms with E-state index in [1.807, 2.05) is 22.7 Å². The predicted molar refractivity (Wildman–Crippen MR) is 83.2 cm³/mol. The maximum atomic E-state index is 4.64. The molecule has 0 spiro atoms. The van der Waals surface area contributed by atoms with Crippen LogP contribution in [0.15, 0.2) is 42.9 Å². The van der Waals surface area contributed by atoms with Crippen LogP contribution >= 0.6 is 0 Å². The maximum absolute atomic E-state index is 4.64. The number of nitrogens with zero attached hydrogens (tertiary/aromatic N) is 4. The summed E-state index contributed by atoms with van der Waals surface area (Å²) in [5, 5.41) is 7.77. The summed E-state index contributed by atoms with van der Waals surface area (Å²) in [4.78, 5) is 8.67. The van der Waals surface area contributed by atoms with Crippen LogP contribution in [0.25, 0.3) is 5.65 Å². The second-order valence-corrected chi connectivity index (χ2v) is 5.05. The molecule has 3 aromatic rings. The Morgan fingerprint density at radius 1 is 1.14 bits per heavy atom. The molecule has 0 atom stereocenters. The number of pyridine rings is 1. The van der Waals surface area contributed by atoms with Crippen molar-refractivity contribution >= 4 is 11.5 Å². The number of aromatic nitrogens is 4. The van der Waals surface area contributed by atoms with Gasteiger partial charge in [0.1, 0.15) is 5.82 Å². The van der Waals surface area contributed by atoms with Crippen LogP contribution < -0.4 is 5.32 Å². The van der Waals surface area contributed by atoms with E-state index in [2.05, 4.69) is 33.4 Å². The fraction of sp³-hybridized carbons (Fsp3) is 0.312. The number of aryl methyl sites for hydroxylation is 1. The van der Waals surface area contributed by atoms with Gasteiger partial charge in [-0.25, -0.2) is 4.98 Å². The lowest BCUT2D eigenvalue weighted by atomic mass is 10.2. The largest absolute Gasteiger partial charge is 0.366 e. The number of rotatable bonds is 6. The predicted octanol–water partition coefficient (Wildman–Crippen LogP) is 3.08. The van der Waals surface area contributed by atoms with E-state index in [1.54, 1.807) is 18.6 Å². The van der Waals surface area contributed by atoms with Crippen molar-refractivity contribution in [2.45, 2.75) is 32.7 Å². The smallest absolute Gasteiger partial charge is 0.157 e. The van der Waals surface area contributed by atoms with E-state index in [4.69, 9.17) is 0 Å². The molecular formula is C16H19N5. The summed E-state index contributed by atoms with van der Waals surface area (Å²) >= 11 is 0. The third-order valence-corrected chi connectivity index (χ3v) is 3.42. The van der Waals surface area contributed by atoms with Crippen molar-refractivity contribution in [2.24, 2.45) is 0 Å². The summed E-state index contributed by atoms with van der Waals surface area (Å²) in [5.41, 5.74) is 3.19. The van der Waals surface area contributed by atoms with Crippen LogP contribution in [0.3, 0.4) is 0 Å². The van der Waals surface area contributed by atoms with Crippen LogP contribution in [0.4, 0.5) is 5.82 Å². The van der Waals surface area contributed by atoms with Gasteiger partial charge >= 0.3 is 0 Å². The summed E-state index contributed by atoms with van der Waals surface area (Å²) in [5.74, 6) is 0.980. The molecule has 5 nitrogen and oxygen atoms in total. The first kappa shape index (κ1) is 13.5. The van der Waals surface area contributed by atoms with Gasteiger partial charge in [0, 0.05) is 36.8 Å². The van der Waals surface area contributed by atoms with Gasteiger partial charge in [-0.2, -0.15) is 9.61 Å². The standard InChI is InChI=1S/C16H19N5/c1-2-3-4-14-11-16(21-15(20-14)7-10-19-21)18-12-13-5-8-17-9-6-13/h5-11,18H,2-4,12H2,1H3. The van der Waals surface area contributed by atoms with Crippen molar-refractivity contribution in [1.29, 1.82) is 0 Å². The SMILES string of the molecule is CCCCc1cc(NCc2ccncc2)n2nccc2n1. The summed E-state index contributed by atoms with van der Waals surface area (Å²) < 4.78 is 1.84. The van der Waals surface area contributed by atoms with Crippen molar-refractivity contribution in [1.82, 2.24) is 19.6 Å². The van der Waals surface area contributed by atoms with E-state index in [0.29, 0.717) is 0 Å². The third kappa shape index (κ3) is 3.18. The molecule has 0 bridgehead atoms. The Morgan fingerprint density at radius 3 is 2.81 bits per heavy atom. The zero-order chi connectivity index (χ0) is 14.5. The molecule has 1 N–H and O–H groups in total. The van der Waals surface area contributed by atoms with E-state index >= 15 is 0 Å². The monoisotopic (exact) mass is 281 g/mol. The molecular weight excluding hydrogens is 262 g/mol. The van der Waals surface area contributed by atoms with E-state index in [1.165, 1.54) is 12.0 Å². The Bertz CT molecular complexity index is 705. The molecule has 0 aromatic carbocycles. The topological polar surface area (TPSA) is 55.1 Å². The molecule has 0 saturated heterocycles. The molecule has 3 rings (SSSR count). The Labute approximate surface area is 124 Å². The van der Waals surface area contributed by atoms with Gasteiger partial charge < -0.3 is 5.32 Å². The highest BCUT2D eigenvalue weighted by Gasteiger charge is 2.06. The van der Waals surface area contributed by atoms with Gasteiger partial charge in [-0.15, -0.1) is 0 Å². The van der Waals surface area contributed by atoms with Gasteiger partial charge in [0.2, 0.25) is 0 Å². The lowest BCUT2D eigenvalue weighted by Crippen LogP contribution is -2.07. The molecule has 108 valence electrons. The van der Waals surface area contributed by atoms with Crippen LogP contribution in [0.2, 0.25) is 0 Å². The summed E-state index contributed by atoms with van der Waals surface area (Å²) in [6, 6.07) is 8.04. The van der Waals surface area contributed by atoms with Crippen LogP contribution in [-0.4, -0.2) is 19.6 Å². The summed E-state index contributed by atoms with van der Waals surface area (Å²) in [6.07, 6.45) is 8.72. The molecule has 0 unspecified atom stereocenters. The molecule has 21 heavy (non-hydrogen) atoms.